The van der Waals surface area contributed by atoms with Crippen molar-refractivity contribution in [1.29, 1.82) is 0 Å². The Hall–Kier alpha value is -0.930. The van der Waals surface area contributed by atoms with Gasteiger partial charge in [-0.25, -0.2) is 4.39 Å². The molecule has 2 rings (SSSR count). The molecule has 1 atom stereocenters. The van der Waals surface area contributed by atoms with Crippen molar-refractivity contribution < 1.29 is 4.39 Å². The highest BCUT2D eigenvalue weighted by Crippen LogP contribution is 2.10. The minimum atomic E-state index is -0.756. The largest absolute Gasteiger partial charge is 0.314 e. The first kappa shape index (κ1) is 13.5. The smallest absolute Gasteiger partial charge is 0.101 e. The van der Waals surface area contributed by atoms with Crippen LogP contribution in [0, 0.1) is 0 Å². The van der Waals surface area contributed by atoms with E-state index in [-0.39, 0.29) is 0 Å². The summed E-state index contributed by atoms with van der Waals surface area (Å²) in [5, 5.41) is 3.36. The number of nitrogens with zero attached hydrogens (tertiary/aromatic N) is 1. The quantitative estimate of drug-likeness (QED) is 0.860. The van der Waals surface area contributed by atoms with Crippen LogP contribution in [0.2, 0.25) is 0 Å². The van der Waals surface area contributed by atoms with Crippen LogP contribution in [0.1, 0.15) is 18.1 Å². The summed E-state index contributed by atoms with van der Waals surface area (Å²) >= 11 is 0. The summed E-state index contributed by atoms with van der Waals surface area (Å²) in [5.74, 6) is 0. The molecular weight excluding hydrogens is 227 g/mol. The molecule has 100 valence electrons. The summed E-state index contributed by atoms with van der Waals surface area (Å²) in [4.78, 5) is 2.49. The van der Waals surface area contributed by atoms with Gasteiger partial charge in [0.15, 0.2) is 0 Å². The van der Waals surface area contributed by atoms with Crippen LogP contribution in [0.3, 0.4) is 0 Å². The van der Waals surface area contributed by atoms with Gasteiger partial charge in [0.05, 0.1) is 0 Å². The third-order valence-corrected chi connectivity index (χ3v) is 3.43. The fourth-order valence-electron chi connectivity index (χ4n) is 2.46. The minimum Gasteiger partial charge on any atom is -0.314 e. The van der Waals surface area contributed by atoms with Crippen LogP contribution < -0.4 is 5.32 Å². The maximum atomic E-state index is 13.0. The standard InChI is InChI=1S/C15H23FN2/c1-13(16)11-15-4-2-3-14(12-15)5-8-18-9-6-17-7-10-18/h2-4,12-13,17H,5-11H2,1H3. The van der Waals surface area contributed by atoms with Gasteiger partial charge in [0.1, 0.15) is 6.17 Å². The highest BCUT2D eigenvalue weighted by molar-refractivity contribution is 5.24. The summed E-state index contributed by atoms with van der Waals surface area (Å²) in [6.07, 6.45) is 0.837. The minimum absolute atomic E-state index is 0.529. The van der Waals surface area contributed by atoms with Gasteiger partial charge in [-0.15, -0.1) is 0 Å². The van der Waals surface area contributed by atoms with E-state index in [0.29, 0.717) is 6.42 Å². The Bertz CT molecular complexity index is 359. The number of halogens is 1. The fraction of sp³-hybridized carbons (Fsp3) is 0.600. The molecule has 1 unspecified atom stereocenters. The first-order valence-electron chi connectivity index (χ1n) is 6.89. The lowest BCUT2D eigenvalue weighted by molar-refractivity contribution is 0.244. The number of hydrogen-bond acceptors (Lipinski definition) is 2. The van der Waals surface area contributed by atoms with Crippen LogP contribution in [0.25, 0.3) is 0 Å². The molecule has 1 saturated heterocycles. The summed E-state index contributed by atoms with van der Waals surface area (Å²) in [5.41, 5.74) is 2.44. The highest BCUT2D eigenvalue weighted by Gasteiger charge is 2.09. The van der Waals surface area contributed by atoms with E-state index in [9.17, 15) is 4.39 Å². The average molecular weight is 250 g/mol. The first-order chi connectivity index (χ1) is 8.74. The molecule has 1 N–H and O–H groups in total. The molecule has 18 heavy (non-hydrogen) atoms. The molecule has 0 aromatic heterocycles. The molecule has 1 fully saturated rings. The summed E-state index contributed by atoms with van der Waals surface area (Å²) in [7, 11) is 0. The molecule has 0 radical (unpaired) electrons. The van der Waals surface area contributed by atoms with Crippen molar-refractivity contribution in [3.8, 4) is 0 Å². The Kier molecular flexibility index (Phi) is 5.14. The molecule has 1 heterocycles. The highest BCUT2D eigenvalue weighted by atomic mass is 19.1. The van der Waals surface area contributed by atoms with Crippen LogP contribution in [-0.4, -0.2) is 43.8 Å². The fourth-order valence-corrected chi connectivity index (χ4v) is 2.46. The Balaban J connectivity index is 1.84. The van der Waals surface area contributed by atoms with Crippen molar-refractivity contribution in [2.24, 2.45) is 0 Å². The van der Waals surface area contributed by atoms with E-state index in [2.05, 4.69) is 22.3 Å². The lowest BCUT2D eigenvalue weighted by Crippen LogP contribution is -2.44. The van der Waals surface area contributed by atoms with Gasteiger partial charge in [-0.2, -0.15) is 0 Å². The molecule has 0 aliphatic carbocycles. The van der Waals surface area contributed by atoms with Gasteiger partial charge in [-0.05, 0) is 24.5 Å². The second-order valence-electron chi connectivity index (χ2n) is 5.15. The molecule has 2 nitrogen and oxygen atoms in total. The van der Waals surface area contributed by atoms with Gasteiger partial charge >= 0.3 is 0 Å². The van der Waals surface area contributed by atoms with Gasteiger partial charge in [-0.1, -0.05) is 24.3 Å². The zero-order chi connectivity index (χ0) is 12.8. The van der Waals surface area contributed by atoms with Gasteiger partial charge in [0.25, 0.3) is 0 Å². The zero-order valence-corrected chi connectivity index (χ0v) is 11.2. The van der Waals surface area contributed by atoms with E-state index in [0.717, 1.165) is 44.7 Å². The van der Waals surface area contributed by atoms with E-state index >= 15 is 0 Å². The van der Waals surface area contributed by atoms with Crippen LogP contribution in [0.15, 0.2) is 24.3 Å². The van der Waals surface area contributed by atoms with Gasteiger partial charge < -0.3 is 10.2 Å². The maximum absolute atomic E-state index is 13.0. The first-order valence-corrected chi connectivity index (χ1v) is 6.89. The van der Waals surface area contributed by atoms with Crippen molar-refractivity contribution in [3.05, 3.63) is 35.4 Å². The summed E-state index contributed by atoms with van der Waals surface area (Å²) in [6, 6.07) is 8.36. The lowest BCUT2D eigenvalue weighted by atomic mass is 10.0. The van der Waals surface area contributed by atoms with Crippen LogP contribution >= 0.6 is 0 Å². The number of piperazine rings is 1. The molecule has 1 aromatic carbocycles. The zero-order valence-electron chi connectivity index (χ0n) is 11.2. The molecule has 0 saturated carbocycles. The third-order valence-electron chi connectivity index (χ3n) is 3.43. The SMILES string of the molecule is CC(F)Cc1cccc(CCN2CCNCC2)c1. The van der Waals surface area contributed by atoms with Crippen LogP contribution in [0.4, 0.5) is 4.39 Å². The Morgan fingerprint density at radius 3 is 2.72 bits per heavy atom. The van der Waals surface area contributed by atoms with Crippen molar-refractivity contribution >= 4 is 0 Å². The predicted octanol–water partition coefficient (Wildman–Crippen LogP) is 2.03. The lowest BCUT2D eigenvalue weighted by Gasteiger charge is -2.27. The van der Waals surface area contributed by atoms with Crippen molar-refractivity contribution in [2.45, 2.75) is 25.9 Å². The number of alkyl halides is 1. The van der Waals surface area contributed by atoms with E-state index < -0.39 is 6.17 Å². The van der Waals surface area contributed by atoms with E-state index in [1.165, 1.54) is 5.56 Å². The van der Waals surface area contributed by atoms with Crippen molar-refractivity contribution in [1.82, 2.24) is 10.2 Å². The predicted molar refractivity (Wildman–Crippen MR) is 73.7 cm³/mol. The van der Waals surface area contributed by atoms with Crippen molar-refractivity contribution in [2.75, 3.05) is 32.7 Å². The second kappa shape index (κ2) is 6.86. The summed E-state index contributed by atoms with van der Waals surface area (Å²) in [6.45, 7) is 7.20. The molecule has 0 spiro atoms. The Morgan fingerprint density at radius 2 is 2.00 bits per heavy atom. The van der Waals surface area contributed by atoms with E-state index in [1.807, 2.05) is 12.1 Å². The summed E-state index contributed by atoms with van der Waals surface area (Å²) < 4.78 is 13.0. The number of rotatable bonds is 5. The molecule has 0 amide bonds. The molecule has 3 heteroatoms. The van der Waals surface area contributed by atoms with Crippen LogP contribution in [0.5, 0.6) is 0 Å². The van der Waals surface area contributed by atoms with Gasteiger partial charge in [-0.3, -0.25) is 0 Å². The molecular formula is C15H23FN2. The van der Waals surface area contributed by atoms with Gasteiger partial charge in [0.2, 0.25) is 0 Å². The molecule has 1 aliphatic rings. The maximum Gasteiger partial charge on any atom is 0.101 e. The van der Waals surface area contributed by atoms with Gasteiger partial charge in [0, 0.05) is 39.1 Å². The average Bonchev–Trinajstić information content (AvgIpc) is 2.37. The van der Waals surface area contributed by atoms with Crippen molar-refractivity contribution in [3.63, 3.8) is 0 Å². The Labute approximate surface area is 109 Å². The molecule has 1 aliphatic heterocycles. The van der Waals surface area contributed by atoms with Crippen LogP contribution in [-0.2, 0) is 12.8 Å². The van der Waals surface area contributed by atoms with E-state index in [4.69, 9.17) is 0 Å². The third kappa shape index (κ3) is 4.39. The Morgan fingerprint density at radius 1 is 1.28 bits per heavy atom. The number of nitrogens with one attached hydrogen (secondary N) is 1. The monoisotopic (exact) mass is 250 g/mol. The number of hydrogen-bond donors (Lipinski definition) is 1. The molecule has 0 bridgehead atoms. The normalized spacial score (nSPS) is 18.8. The second-order valence-corrected chi connectivity index (χ2v) is 5.15. The molecule has 1 aromatic rings. The van der Waals surface area contributed by atoms with E-state index in [1.54, 1.807) is 6.92 Å². The number of benzene rings is 1. The topological polar surface area (TPSA) is 15.3 Å².